The highest BCUT2D eigenvalue weighted by Crippen LogP contribution is 2.24. The number of hydrogen-bond donors (Lipinski definition) is 2. The Balaban J connectivity index is 2.17. The molecule has 2 aromatic carbocycles. The van der Waals surface area contributed by atoms with Crippen LogP contribution in [0.2, 0.25) is 5.02 Å². The SMILES string of the molecule is CCOc1cccc(NC(=O)c2ccc(Cl)cc2O)c1. The van der Waals surface area contributed by atoms with Crippen molar-refractivity contribution in [3.63, 3.8) is 0 Å². The van der Waals surface area contributed by atoms with Gasteiger partial charge in [0.05, 0.1) is 12.2 Å². The number of phenols is 1. The summed E-state index contributed by atoms with van der Waals surface area (Å²) in [4.78, 5) is 12.1. The van der Waals surface area contributed by atoms with Gasteiger partial charge < -0.3 is 15.2 Å². The van der Waals surface area contributed by atoms with E-state index < -0.39 is 5.91 Å². The van der Waals surface area contributed by atoms with Crippen LogP contribution in [-0.2, 0) is 0 Å². The van der Waals surface area contributed by atoms with E-state index in [4.69, 9.17) is 16.3 Å². The summed E-state index contributed by atoms with van der Waals surface area (Å²) in [6.45, 7) is 2.44. The Labute approximate surface area is 122 Å². The first-order chi connectivity index (χ1) is 9.60. The molecule has 0 saturated heterocycles. The molecule has 0 aliphatic carbocycles. The molecule has 4 nitrogen and oxygen atoms in total. The van der Waals surface area contributed by atoms with E-state index in [1.165, 1.54) is 12.1 Å². The lowest BCUT2D eigenvalue weighted by molar-refractivity contribution is 0.102. The standard InChI is InChI=1S/C15H14ClNO3/c1-2-20-12-5-3-4-11(9-12)17-15(19)13-7-6-10(16)8-14(13)18/h3-9,18H,2H2,1H3,(H,17,19). The van der Waals surface area contributed by atoms with Gasteiger partial charge in [-0.05, 0) is 37.3 Å². The van der Waals surface area contributed by atoms with Gasteiger partial charge in [-0.15, -0.1) is 0 Å². The predicted molar refractivity (Wildman–Crippen MR) is 78.7 cm³/mol. The molecule has 0 saturated carbocycles. The second-order valence-electron chi connectivity index (χ2n) is 4.08. The fourth-order valence-electron chi connectivity index (χ4n) is 1.73. The van der Waals surface area contributed by atoms with Crippen LogP contribution in [0.1, 0.15) is 17.3 Å². The lowest BCUT2D eigenvalue weighted by Gasteiger charge is -2.09. The van der Waals surface area contributed by atoms with Gasteiger partial charge in [0, 0.05) is 16.8 Å². The number of carbonyl (C=O) groups excluding carboxylic acids is 1. The van der Waals surface area contributed by atoms with Gasteiger partial charge in [-0.2, -0.15) is 0 Å². The third-order valence-corrected chi connectivity index (χ3v) is 2.84. The molecule has 1 amide bonds. The summed E-state index contributed by atoms with van der Waals surface area (Å²) in [6, 6.07) is 11.4. The van der Waals surface area contributed by atoms with Crippen molar-refractivity contribution in [2.75, 3.05) is 11.9 Å². The van der Waals surface area contributed by atoms with Gasteiger partial charge in [0.1, 0.15) is 11.5 Å². The third-order valence-electron chi connectivity index (χ3n) is 2.61. The number of phenolic OH excluding ortho intramolecular Hbond substituents is 1. The quantitative estimate of drug-likeness (QED) is 0.903. The first-order valence-corrected chi connectivity index (χ1v) is 6.50. The number of ether oxygens (including phenoxy) is 1. The highest BCUT2D eigenvalue weighted by atomic mass is 35.5. The van der Waals surface area contributed by atoms with Crippen molar-refractivity contribution in [2.45, 2.75) is 6.92 Å². The molecular formula is C15H14ClNO3. The van der Waals surface area contributed by atoms with Crippen molar-refractivity contribution in [1.29, 1.82) is 0 Å². The summed E-state index contributed by atoms with van der Waals surface area (Å²) < 4.78 is 5.36. The average Bonchev–Trinajstić information content (AvgIpc) is 2.39. The second kappa shape index (κ2) is 6.30. The van der Waals surface area contributed by atoms with Crippen LogP contribution in [-0.4, -0.2) is 17.6 Å². The van der Waals surface area contributed by atoms with Crippen LogP contribution < -0.4 is 10.1 Å². The van der Waals surface area contributed by atoms with E-state index in [2.05, 4.69) is 5.32 Å². The molecule has 5 heteroatoms. The summed E-state index contributed by atoms with van der Waals surface area (Å²) in [7, 11) is 0. The number of benzene rings is 2. The molecule has 0 unspecified atom stereocenters. The Morgan fingerprint density at radius 1 is 1.30 bits per heavy atom. The molecule has 0 aliphatic heterocycles. The Morgan fingerprint density at radius 3 is 2.80 bits per heavy atom. The normalized spacial score (nSPS) is 10.1. The van der Waals surface area contributed by atoms with Crippen molar-refractivity contribution < 1.29 is 14.6 Å². The van der Waals surface area contributed by atoms with Gasteiger partial charge in [-0.1, -0.05) is 17.7 Å². The first kappa shape index (κ1) is 14.2. The minimum atomic E-state index is -0.409. The van der Waals surface area contributed by atoms with Gasteiger partial charge >= 0.3 is 0 Å². The number of amides is 1. The molecule has 2 N–H and O–H groups in total. The predicted octanol–water partition coefficient (Wildman–Crippen LogP) is 3.70. The van der Waals surface area contributed by atoms with Crippen LogP contribution in [0.5, 0.6) is 11.5 Å². The Kier molecular flexibility index (Phi) is 4.48. The number of halogens is 1. The molecule has 0 atom stereocenters. The van der Waals surface area contributed by atoms with Gasteiger partial charge in [0.25, 0.3) is 5.91 Å². The Hall–Kier alpha value is -2.20. The lowest BCUT2D eigenvalue weighted by atomic mass is 10.2. The summed E-state index contributed by atoms with van der Waals surface area (Å²) in [6.07, 6.45) is 0. The average molecular weight is 292 g/mol. The molecule has 0 heterocycles. The number of hydrogen-bond acceptors (Lipinski definition) is 3. The van der Waals surface area contributed by atoms with Gasteiger partial charge in [-0.3, -0.25) is 4.79 Å². The van der Waals surface area contributed by atoms with E-state index in [9.17, 15) is 9.90 Å². The van der Waals surface area contributed by atoms with Gasteiger partial charge in [0.15, 0.2) is 0 Å². The van der Waals surface area contributed by atoms with E-state index in [0.717, 1.165) is 0 Å². The number of rotatable bonds is 4. The molecule has 0 aromatic heterocycles. The summed E-state index contributed by atoms with van der Waals surface area (Å²) in [5.41, 5.74) is 0.756. The molecule has 0 spiro atoms. The van der Waals surface area contributed by atoms with Crippen LogP contribution in [0.15, 0.2) is 42.5 Å². The van der Waals surface area contributed by atoms with Crippen molar-refractivity contribution in [3.05, 3.63) is 53.1 Å². The minimum Gasteiger partial charge on any atom is -0.507 e. The number of nitrogens with one attached hydrogen (secondary N) is 1. The van der Waals surface area contributed by atoms with E-state index in [0.29, 0.717) is 23.1 Å². The smallest absolute Gasteiger partial charge is 0.259 e. The van der Waals surface area contributed by atoms with E-state index in [-0.39, 0.29) is 11.3 Å². The molecule has 2 rings (SSSR count). The zero-order valence-corrected chi connectivity index (χ0v) is 11.6. The van der Waals surface area contributed by atoms with Gasteiger partial charge in [0.2, 0.25) is 0 Å². The maximum atomic E-state index is 12.1. The minimum absolute atomic E-state index is 0.157. The van der Waals surface area contributed by atoms with E-state index in [1.54, 1.807) is 30.3 Å². The monoisotopic (exact) mass is 291 g/mol. The Bertz CT molecular complexity index is 628. The lowest BCUT2D eigenvalue weighted by Crippen LogP contribution is -2.12. The molecule has 20 heavy (non-hydrogen) atoms. The highest BCUT2D eigenvalue weighted by Gasteiger charge is 2.11. The van der Waals surface area contributed by atoms with Crippen molar-refractivity contribution in [2.24, 2.45) is 0 Å². The fourth-order valence-corrected chi connectivity index (χ4v) is 1.89. The molecule has 104 valence electrons. The number of anilines is 1. The van der Waals surface area contributed by atoms with Crippen LogP contribution in [0, 0.1) is 0 Å². The topological polar surface area (TPSA) is 58.6 Å². The van der Waals surface area contributed by atoms with Crippen molar-refractivity contribution in [1.82, 2.24) is 0 Å². The summed E-state index contributed by atoms with van der Waals surface area (Å²) in [5, 5.41) is 12.8. The maximum Gasteiger partial charge on any atom is 0.259 e. The fraction of sp³-hybridized carbons (Fsp3) is 0.133. The number of aromatic hydroxyl groups is 1. The van der Waals surface area contributed by atoms with Crippen LogP contribution in [0.3, 0.4) is 0 Å². The zero-order valence-electron chi connectivity index (χ0n) is 10.9. The number of carbonyl (C=O) groups is 1. The van der Waals surface area contributed by atoms with Crippen LogP contribution in [0.25, 0.3) is 0 Å². The zero-order chi connectivity index (χ0) is 14.5. The first-order valence-electron chi connectivity index (χ1n) is 6.13. The third kappa shape index (κ3) is 3.42. The molecule has 0 bridgehead atoms. The Morgan fingerprint density at radius 2 is 2.10 bits per heavy atom. The van der Waals surface area contributed by atoms with Crippen molar-refractivity contribution in [3.8, 4) is 11.5 Å². The largest absolute Gasteiger partial charge is 0.507 e. The van der Waals surface area contributed by atoms with Crippen molar-refractivity contribution >= 4 is 23.2 Å². The van der Waals surface area contributed by atoms with Crippen LogP contribution >= 0.6 is 11.6 Å². The summed E-state index contributed by atoms with van der Waals surface area (Å²) in [5.74, 6) is 0.106. The second-order valence-corrected chi connectivity index (χ2v) is 4.51. The molecule has 0 aliphatic rings. The summed E-state index contributed by atoms with van der Waals surface area (Å²) >= 11 is 5.73. The van der Waals surface area contributed by atoms with E-state index >= 15 is 0 Å². The van der Waals surface area contributed by atoms with Crippen LogP contribution in [0.4, 0.5) is 5.69 Å². The molecule has 0 fully saturated rings. The van der Waals surface area contributed by atoms with E-state index in [1.807, 2.05) is 6.92 Å². The molecule has 2 aromatic rings. The molecule has 0 radical (unpaired) electrons. The molecular weight excluding hydrogens is 278 g/mol. The van der Waals surface area contributed by atoms with Gasteiger partial charge in [-0.25, -0.2) is 0 Å². The highest BCUT2D eigenvalue weighted by molar-refractivity contribution is 6.30. The maximum absolute atomic E-state index is 12.1.